The van der Waals surface area contributed by atoms with Crippen LogP contribution in [0.25, 0.3) is 10.9 Å². The minimum absolute atomic E-state index is 0.159. The highest BCUT2D eigenvalue weighted by Gasteiger charge is 2.30. The summed E-state index contributed by atoms with van der Waals surface area (Å²) in [7, 11) is 1.99. The fourth-order valence-electron chi connectivity index (χ4n) is 3.86. The molecule has 1 fully saturated rings. The van der Waals surface area contributed by atoms with Crippen LogP contribution >= 0.6 is 0 Å². The van der Waals surface area contributed by atoms with E-state index in [1.807, 2.05) is 17.8 Å². The van der Waals surface area contributed by atoms with Crippen LogP contribution < -0.4 is 10.6 Å². The number of halogens is 1. The molecule has 6 nitrogen and oxygen atoms in total. The number of nitrogens with one attached hydrogen (secondary N) is 2. The van der Waals surface area contributed by atoms with Crippen LogP contribution in [0.2, 0.25) is 0 Å². The van der Waals surface area contributed by atoms with E-state index in [0.717, 1.165) is 13.1 Å². The number of hydrogen-bond acceptors (Lipinski definition) is 4. The average Bonchev–Trinajstić information content (AvgIpc) is 3.26. The molecule has 4 rings (SSSR count). The molecule has 0 bridgehead atoms. The lowest BCUT2D eigenvalue weighted by Crippen LogP contribution is -2.32. The lowest BCUT2D eigenvalue weighted by molar-refractivity contribution is 0.0948. The summed E-state index contributed by atoms with van der Waals surface area (Å²) in [6.45, 7) is 4.08. The van der Waals surface area contributed by atoms with Crippen LogP contribution in [0.4, 0.5) is 4.39 Å². The molecule has 0 aliphatic carbocycles. The quantitative estimate of drug-likeness (QED) is 0.741. The average molecular weight is 367 g/mol. The zero-order valence-corrected chi connectivity index (χ0v) is 15.4. The zero-order valence-electron chi connectivity index (χ0n) is 15.4. The maximum atomic E-state index is 13.5. The van der Waals surface area contributed by atoms with Crippen LogP contribution in [0.5, 0.6) is 0 Å². The third-order valence-electron chi connectivity index (χ3n) is 5.24. The molecule has 140 valence electrons. The number of rotatable bonds is 4. The van der Waals surface area contributed by atoms with E-state index in [4.69, 9.17) is 0 Å². The molecular formula is C20H22FN5O. The number of amides is 1. The molecular weight excluding hydrogens is 345 g/mol. The number of benzene rings is 1. The van der Waals surface area contributed by atoms with Crippen molar-refractivity contribution >= 4 is 16.8 Å². The zero-order chi connectivity index (χ0) is 19.0. The van der Waals surface area contributed by atoms with E-state index in [-0.39, 0.29) is 17.6 Å². The number of aromatic nitrogens is 3. The summed E-state index contributed by atoms with van der Waals surface area (Å²) in [5.74, 6) is 0.0783. The van der Waals surface area contributed by atoms with Gasteiger partial charge in [0.15, 0.2) is 0 Å². The molecule has 2 atom stereocenters. The van der Waals surface area contributed by atoms with Crippen LogP contribution in [-0.2, 0) is 7.05 Å². The topological polar surface area (TPSA) is 71.8 Å². The summed E-state index contributed by atoms with van der Waals surface area (Å²) in [5, 5.41) is 7.12. The number of carbonyl (C=O) groups excluding carboxylic acids is 1. The lowest BCUT2D eigenvalue weighted by Gasteiger charge is -2.19. The van der Waals surface area contributed by atoms with Crippen molar-refractivity contribution in [3.05, 3.63) is 59.6 Å². The van der Waals surface area contributed by atoms with Crippen molar-refractivity contribution in [2.75, 3.05) is 19.6 Å². The second-order valence-electron chi connectivity index (χ2n) is 7.14. The van der Waals surface area contributed by atoms with Gasteiger partial charge in [0.05, 0.1) is 17.4 Å². The summed E-state index contributed by atoms with van der Waals surface area (Å²) in [6, 6.07) is 6.08. The van der Waals surface area contributed by atoms with E-state index in [0.29, 0.717) is 34.6 Å². The summed E-state index contributed by atoms with van der Waals surface area (Å²) in [6.07, 6.45) is 3.69. The minimum Gasteiger partial charge on any atom is -0.352 e. The van der Waals surface area contributed by atoms with Crippen LogP contribution in [0.3, 0.4) is 0 Å². The van der Waals surface area contributed by atoms with Crippen LogP contribution in [0.15, 0.2) is 36.8 Å². The molecule has 3 aromatic rings. The Morgan fingerprint density at radius 3 is 3.00 bits per heavy atom. The predicted octanol–water partition coefficient (Wildman–Crippen LogP) is 2.15. The van der Waals surface area contributed by atoms with Crippen molar-refractivity contribution in [1.82, 2.24) is 25.2 Å². The molecule has 3 heterocycles. The van der Waals surface area contributed by atoms with Crippen molar-refractivity contribution in [2.24, 2.45) is 13.0 Å². The predicted molar refractivity (Wildman–Crippen MR) is 101 cm³/mol. The van der Waals surface area contributed by atoms with Crippen LogP contribution in [-0.4, -0.2) is 40.1 Å². The number of fused-ring (bicyclic) bond motifs is 1. The van der Waals surface area contributed by atoms with Gasteiger partial charge in [-0.3, -0.25) is 9.78 Å². The Labute approximate surface area is 156 Å². The molecule has 2 aromatic heterocycles. The van der Waals surface area contributed by atoms with Gasteiger partial charge < -0.3 is 15.2 Å². The summed E-state index contributed by atoms with van der Waals surface area (Å²) < 4.78 is 15.5. The number of pyridine rings is 1. The van der Waals surface area contributed by atoms with Crippen LogP contribution in [0, 0.1) is 18.7 Å². The molecule has 0 saturated carbocycles. The first-order valence-corrected chi connectivity index (χ1v) is 9.05. The first kappa shape index (κ1) is 17.6. The molecule has 0 spiro atoms. The summed E-state index contributed by atoms with van der Waals surface area (Å²) in [5.41, 5.74) is 2.88. The van der Waals surface area contributed by atoms with E-state index in [1.165, 1.54) is 17.8 Å². The second kappa shape index (κ2) is 7.08. The second-order valence-corrected chi connectivity index (χ2v) is 7.14. The maximum Gasteiger partial charge on any atom is 0.252 e. The Morgan fingerprint density at radius 2 is 2.22 bits per heavy atom. The number of aryl methyl sites for hydroxylation is 2. The maximum absolute atomic E-state index is 13.5. The molecule has 0 unspecified atom stereocenters. The van der Waals surface area contributed by atoms with Crippen molar-refractivity contribution in [2.45, 2.75) is 12.8 Å². The third kappa shape index (κ3) is 3.42. The first-order chi connectivity index (χ1) is 13.0. The van der Waals surface area contributed by atoms with Crippen molar-refractivity contribution in [1.29, 1.82) is 0 Å². The van der Waals surface area contributed by atoms with Crippen molar-refractivity contribution in [3.8, 4) is 0 Å². The Hall–Kier alpha value is -2.80. The van der Waals surface area contributed by atoms with Gasteiger partial charge in [-0.1, -0.05) is 0 Å². The van der Waals surface area contributed by atoms with E-state index in [2.05, 4.69) is 20.6 Å². The highest BCUT2D eigenvalue weighted by atomic mass is 19.1. The van der Waals surface area contributed by atoms with Gasteiger partial charge in [-0.05, 0) is 31.0 Å². The van der Waals surface area contributed by atoms with Gasteiger partial charge in [0.1, 0.15) is 5.82 Å². The van der Waals surface area contributed by atoms with Gasteiger partial charge in [0.2, 0.25) is 0 Å². The fraction of sp³-hybridized carbons (Fsp3) is 0.350. The van der Waals surface area contributed by atoms with E-state index in [1.54, 1.807) is 25.4 Å². The molecule has 7 heteroatoms. The molecule has 27 heavy (non-hydrogen) atoms. The van der Waals surface area contributed by atoms with Crippen molar-refractivity contribution < 1.29 is 9.18 Å². The van der Waals surface area contributed by atoms with E-state index < -0.39 is 0 Å². The van der Waals surface area contributed by atoms with Gasteiger partial charge >= 0.3 is 0 Å². The number of hydrogen-bond donors (Lipinski definition) is 2. The monoisotopic (exact) mass is 367 g/mol. The smallest absolute Gasteiger partial charge is 0.252 e. The minimum atomic E-state index is -0.358. The Kier molecular flexibility index (Phi) is 4.61. The molecule has 1 aliphatic rings. The highest BCUT2D eigenvalue weighted by Crippen LogP contribution is 2.27. The Bertz CT molecular complexity index is 994. The molecule has 1 aliphatic heterocycles. The van der Waals surface area contributed by atoms with Gasteiger partial charge in [0, 0.05) is 61.6 Å². The van der Waals surface area contributed by atoms with Gasteiger partial charge in [-0.15, -0.1) is 0 Å². The van der Waals surface area contributed by atoms with Gasteiger partial charge in [-0.25, -0.2) is 9.37 Å². The largest absolute Gasteiger partial charge is 0.352 e. The number of imidazole rings is 1. The molecule has 1 saturated heterocycles. The highest BCUT2D eigenvalue weighted by molar-refractivity contribution is 6.06. The van der Waals surface area contributed by atoms with E-state index >= 15 is 0 Å². The molecule has 1 amide bonds. The third-order valence-corrected chi connectivity index (χ3v) is 5.24. The molecule has 1 aromatic carbocycles. The molecule has 0 radical (unpaired) electrons. The Morgan fingerprint density at radius 1 is 1.37 bits per heavy atom. The summed E-state index contributed by atoms with van der Waals surface area (Å²) in [4.78, 5) is 21.4. The first-order valence-electron chi connectivity index (χ1n) is 9.05. The fourth-order valence-corrected chi connectivity index (χ4v) is 3.86. The number of carbonyl (C=O) groups is 1. The van der Waals surface area contributed by atoms with E-state index in [9.17, 15) is 9.18 Å². The van der Waals surface area contributed by atoms with Crippen molar-refractivity contribution in [3.63, 3.8) is 0 Å². The summed E-state index contributed by atoms with van der Waals surface area (Å²) >= 11 is 0. The number of nitrogens with zero attached hydrogens (tertiary/aromatic N) is 3. The normalized spacial score (nSPS) is 19.5. The lowest BCUT2D eigenvalue weighted by atomic mass is 9.93. The Balaban J connectivity index is 1.53. The molecule has 2 N–H and O–H groups in total. The SMILES string of the molecule is Cc1cc(C(=O)NC[C@@H]2CNC[C@H]2c2cncn2C)c2ccc(F)cc2n1. The van der Waals surface area contributed by atoms with Crippen LogP contribution in [0.1, 0.15) is 27.7 Å². The standard InChI is InChI=1S/C20H22FN5O/c1-12-5-16(15-4-3-14(21)6-18(15)25-12)20(27)24-8-13-7-22-9-17(13)19-10-23-11-26(19)2/h3-6,10-11,13,17,22H,7-9H2,1-2H3,(H,24,27)/t13-,17+/m0/s1. The van der Waals surface area contributed by atoms with Gasteiger partial charge in [0.25, 0.3) is 5.91 Å². The van der Waals surface area contributed by atoms with Gasteiger partial charge in [-0.2, -0.15) is 0 Å².